The highest BCUT2D eigenvalue weighted by molar-refractivity contribution is 7.74. The van der Waals surface area contributed by atoms with Crippen LogP contribution in [0.4, 0.5) is 17.1 Å². The monoisotopic (exact) mass is 471 g/mol. The van der Waals surface area contributed by atoms with Crippen LogP contribution in [-0.2, 0) is 10.9 Å². The van der Waals surface area contributed by atoms with E-state index in [0.29, 0.717) is 41.5 Å². The summed E-state index contributed by atoms with van der Waals surface area (Å²) in [6, 6.07) is 10.5. The van der Waals surface area contributed by atoms with Crippen molar-refractivity contribution in [2.75, 3.05) is 42.4 Å². The summed E-state index contributed by atoms with van der Waals surface area (Å²) in [5, 5.41) is 13.5. The van der Waals surface area contributed by atoms with E-state index >= 15 is 0 Å². The summed E-state index contributed by atoms with van der Waals surface area (Å²) < 4.78 is 31.9. The third kappa shape index (κ3) is 4.15. The lowest BCUT2D eigenvalue weighted by molar-refractivity contribution is 0.0692. The topological polar surface area (TPSA) is 99.2 Å². The SMILES string of the molecule is CCN1CC[C@@H](CNc2ccccc2N(c2ccc3c(c2C(=O)O)OCC2CC32)[SH](=O)=O)C1. The van der Waals surface area contributed by atoms with Crippen molar-refractivity contribution in [1.29, 1.82) is 0 Å². The highest BCUT2D eigenvalue weighted by Gasteiger charge is 2.45. The third-order valence-corrected chi connectivity index (χ3v) is 7.82. The molecule has 2 aromatic rings. The van der Waals surface area contributed by atoms with Gasteiger partial charge in [-0.1, -0.05) is 25.1 Å². The van der Waals surface area contributed by atoms with Crippen LogP contribution in [0.3, 0.4) is 0 Å². The molecule has 2 unspecified atom stereocenters. The molecular formula is C24H29N3O5S. The molecule has 2 aromatic carbocycles. The first-order valence-electron chi connectivity index (χ1n) is 11.5. The minimum absolute atomic E-state index is 0.0961. The van der Waals surface area contributed by atoms with Crippen LogP contribution >= 0.6 is 0 Å². The first-order chi connectivity index (χ1) is 16.0. The molecule has 3 atom stereocenters. The Morgan fingerprint density at radius 2 is 2.06 bits per heavy atom. The zero-order valence-corrected chi connectivity index (χ0v) is 19.5. The van der Waals surface area contributed by atoms with E-state index in [4.69, 9.17) is 4.74 Å². The molecule has 5 rings (SSSR count). The summed E-state index contributed by atoms with van der Waals surface area (Å²) in [4.78, 5) is 14.7. The van der Waals surface area contributed by atoms with Gasteiger partial charge in [0.05, 0.1) is 23.7 Å². The van der Waals surface area contributed by atoms with E-state index in [1.807, 2.05) is 18.2 Å². The Hall–Kier alpha value is -2.78. The van der Waals surface area contributed by atoms with Gasteiger partial charge in [-0.25, -0.2) is 17.5 Å². The average molecular weight is 472 g/mol. The zero-order valence-electron chi connectivity index (χ0n) is 18.6. The maximum atomic E-state index is 12.5. The quantitative estimate of drug-likeness (QED) is 0.508. The van der Waals surface area contributed by atoms with Crippen LogP contribution in [0.25, 0.3) is 0 Å². The predicted molar refractivity (Wildman–Crippen MR) is 127 cm³/mol. The number of anilines is 3. The van der Waals surface area contributed by atoms with Gasteiger partial charge in [0.1, 0.15) is 11.3 Å². The maximum absolute atomic E-state index is 12.5. The summed E-state index contributed by atoms with van der Waals surface area (Å²) in [6.07, 6.45) is 2.07. The number of nitrogens with one attached hydrogen (secondary N) is 1. The highest BCUT2D eigenvalue weighted by Crippen LogP contribution is 2.56. The highest BCUT2D eigenvalue weighted by atomic mass is 32.2. The lowest BCUT2D eigenvalue weighted by atomic mass is 10.00. The molecule has 1 aliphatic carbocycles. The predicted octanol–water partition coefficient (Wildman–Crippen LogP) is 3.30. The average Bonchev–Trinajstić information content (AvgIpc) is 3.46. The second kappa shape index (κ2) is 8.87. The van der Waals surface area contributed by atoms with Crippen molar-refractivity contribution in [2.24, 2.45) is 11.8 Å². The third-order valence-electron chi connectivity index (χ3n) is 7.07. The molecular weight excluding hydrogens is 442 g/mol. The second-order valence-electron chi connectivity index (χ2n) is 9.09. The van der Waals surface area contributed by atoms with Gasteiger partial charge in [0, 0.05) is 19.0 Å². The summed E-state index contributed by atoms with van der Waals surface area (Å²) in [6.45, 7) is 6.45. The van der Waals surface area contributed by atoms with Crippen LogP contribution in [0.5, 0.6) is 5.75 Å². The molecule has 2 aliphatic heterocycles. The molecule has 33 heavy (non-hydrogen) atoms. The van der Waals surface area contributed by atoms with Crippen molar-refractivity contribution < 1.29 is 23.1 Å². The zero-order chi connectivity index (χ0) is 23.1. The molecule has 0 radical (unpaired) electrons. The molecule has 0 bridgehead atoms. The lowest BCUT2D eigenvalue weighted by Crippen LogP contribution is -2.24. The number of thiol groups is 1. The van der Waals surface area contributed by atoms with Crippen LogP contribution in [0, 0.1) is 11.8 Å². The van der Waals surface area contributed by atoms with Gasteiger partial charge >= 0.3 is 5.97 Å². The molecule has 9 heteroatoms. The Kier molecular flexibility index (Phi) is 5.92. The van der Waals surface area contributed by atoms with Gasteiger partial charge in [0.2, 0.25) is 10.9 Å². The molecule has 8 nitrogen and oxygen atoms in total. The van der Waals surface area contributed by atoms with Gasteiger partial charge in [0.25, 0.3) is 0 Å². The minimum atomic E-state index is -3.15. The number of carbonyl (C=O) groups is 1. The summed E-state index contributed by atoms with van der Waals surface area (Å²) in [7, 11) is -3.15. The Bertz CT molecular complexity index is 1140. The molecule has 176 valence electrons. The summed E-state index contributed by atoms with van der Waals surface area (Å²) >= 11 is 0. The Balaban J connectivity index is 1.50. The number of aromatic carboxylic acids is 1. The number of ether oxygens (including phenoxy) is 1. The van der Waals surface area contributed by atoms with Crippen LogP contribution in [0.2, 0.25) is 0 Å². The molecule has 0 amide bonds. The van der Waals surface area contributed by atoms with Gasteiger partial charge in [-0.05, 0) is 61.5 Å². The number of likely N-dealkylation sites (tertiary alicyclic amines) is 1. The summed E-state index contributed by atoms with van der Waals surface area (Å²) in [5.74, 6) is 0.320. The number of carboxylic acids is 1. The number of hydrogen-bond donors (Lipinski definition) is 3. The number of rotatable bonds is 8. The van der Waals surface area contributed by atoms with Crippen molar-refractivity contribution in [1.82, 2.24) is 4.90 Å². The van der Waals surface area contributed by atoms with Crippen LogP contribution in [0.1, 0.15) is 41.6 Å². The number of hydrogen-bond acceptors (Lipinski definition) is 6. The van der Waals surface area contributed by atoms with E-state index < -0.39 is 16.9 Å². The number of carboxylic acid groups (broad SMARTS) is 1. The molecule has 2 heterocycles. The van der Waals surface area contributed by atoms with Crippen LogP contribution in [0.15, 0.2) is 36.4 Å². The molecule has 1 saturated carbocycles. The molecule has 1 saturated heterocycles. The second-order valence-corrected chi connectivity index (χ2v) is 9.97. The number of para-hydroxylation sites is 2. The summed E-state index contributed by atoms with van der Waals surface area (Å²) in [5.41, 5.74) is 1.93. The fourth-order valence-corrected chi connectivity index (χ4v) is 5.85. The van der Waals surface area contributed by atoms with Gasteiger partial charge in [-0.2, -0.15) is 0 Å². The standard InChI is InChI=1S/C24H29N3O5S/c1-2-26-10-9-15(13-26)12-25-19-5-3-4-6-20(19)27(33(30)31)21-8-7-17-18-11-16(18)14-32-23(17)22(21)24(28)29/h3-8,15-16,18,25,33H,2,9-14H2,1H3,(H,28,29)/t15-,16?,18?/m0/s1. The first-order valence-corrected chi connectivity index (χ1v) is 12.6. The maximum Gasteiger partial charge on any atom is 0.341 e. The number of benzene rings is 2. The van der Waals surface area contributed by atoms with E-state index in [2.05, 4.69) is 17.1 Å². The normalized spacial score (nSPS) is 23.5. The Morgan fingerprint density at radius 1 is 1.24 bits per heavy atom. The van der Waals surface area contributed by atoms with Crippen LogP contribution < -0.4 is 14.4 Å². The van der Waals surface area contributed by atoms with E-state index in [9.17, 15) is 18.3 Å². The first kappa shape index (κ1) is 22.0. The van der Waals surface area contributed by atoms with E-state index in [1.165, 1.54) is 0 Å². The lowest BCUT2D eigenvalue weighted by Gasteiger charge is -2.26. The van der Waals surface area contributed by atoms with Crippen molar-refractivity contribution in [2.45, 2.75) is 25.7 Å². The number of fused-ring (bicyclic) bond motifs is 3. The Labute approximate surface area is 195 Å². The van der Waals surface area contributed by atoms with E-state index in [1.54, 1.807) is 18.2 Å². The van der Waals surface area contributed by atoms with E-state index in [-0.39, 0.29) is 11.3 Å². The fourth-order valence-electron chi connectivity index (χ4n) is 5.16. The van der Waals surface area contributed by atoms with Crippen molar-refractivity contribution in [3.63, 3.8) is 0 Å². The Morgan fingerprint density at radius 3 is 2.79 bits per heavy atom. The van der Waals surface area contributed by atoms with E-state index in [0.717, 1.165) is 48.9 Å². The molecule has 2 fully saturated rings. The molecule has 2 N–H and O–H groups in total. The van der Waals surface area contributed by atoms with Crippen molar-refractivity contribution in [3.8, 4) is 5.75 Å². The minimum Gasteiger partial charge on any atom is -0.492 e. The van der Waals surface area contributed by atoms with Crippen molar-refractivity contribution in [3.05, 3.63) is 47.5 Å². The van der Waals surface area contributed by atoms with Gasteiger partial charge in [0.15, 0.2) is 0 Å². The van der Waals surface area contributed by atoms with Crippen LogP contribution in [-0.4, -0.2) is 57.2 Å². The molecule has 0 spiro atoms. The molecule has 3 aliphatic rings. The molecule has 0 aromatic heterocycles. The van der Waals surface area contributed by atoms with Gasteiger partial charge < -0.3 is 20.1 Å². The largest absolute Gasteiger partial charge is 0.492 e. The van der Waals surface area contributed by atoms with Gasteiger partial charge in [-0.3, -0.25) is 0 Å². The fraction of sp³-hybridized carbons (Fsp3) is 0.458. The smallest absolute Gasteiger partial charge is 0.341 e. The van der Waals surface area contributed by atoms with Gasteiger partial charge in [-0.15, -0.1) is 0 Å². The van der Waals surface area contributed by atoms with Crippen molar-refractivity contribution >= 4 is 33.9 Å². The number of nitrogens with zero attached hydrogens (tertiary/aromatic N) is 2.